The Hall–Kier alpha value is -2.95. The Balaban J connectivity index is 1.63. The lowest BCUT2D eigenvalue weighted by molar-refractivity contribution is 0.175. The van der Waals surface area contributed by atoms with Gasteiger partial charge >= 0.3 is 7.60 Å². The molecule has 0 spiro atoms. The maximum atomic E-state index is 14.4. The second-order valence-electron chi connectivity index (χ2n) is 7.77. The molecule has 4 rings (SSSR count). The van der Waals surface area contributed by atoms with E-state index in [9.17, 15) is 4.57 Å². The third-order valence-electron chi connectivity index (χ3n) is 5.34. The largest absolute Gasteiger partial charge is 0.467 e. The van der Waals surface area contributed by atoms with Crippen molar-refractivity contribution in [2.45, 2.75) is 32.0 Å². The maximum absolute atomic E-state index is 14.4. The highest BCUT2D eigenvalue weighted by Crippen LogP contribution is 2.61. The molecule has 2 atom stereocenters. The van der Waals surface area contributed by atoms with E-state index in [0.717, 1.165) is 16.7 Å². The SMILES string of the molecule is CC(NC(c1ccco1)P(=O)(OCc1ccccc1)OCc1ccccc1)c1ccccc1. The zero-order chi connectivity index (χ0) is 22.9. The van der Waals surface area contributed by atoms with Gasteiger partial charge in [-0.15, -0.1) is 0 Å². The van der Waals surface area contributed by atoms with Gasteiger partial charge in [0.2, 0.25) is 0 Å². The molecular formula is C27H28NO4P. The highest BCUT2D eigenvalue weighted by Gasteiger charge is 2.40. The van der Waals surface area contributed by atoms with Crippen molar-refractivity contribution in [3.63, 3.8) is 0 Å². The number of hydrogen-bond donors (Lipinski definition) is 1. The minimum absolute atomic E-state index is 0.115. The second kappa shape index (κ2) is 11.3. The number of rotatable bonds is 11. The Morgan fingerprint density at radius 2 is 1.27 bits per heavy atom. The minimum atomic E-state index is -3.73. The van der Waals surface area contributed by atoms with Gasteiger partial charge in [0.25, 0.3) is 0 Å². The molecule has 4 aromatic rings. The van der Waals surface area contributed by atoms with Crippen LogP contribution in [0.1, 0.15) is 41.2 Å². The van der Waals surface area contributed by atoms with Gasteiger partial charge in [-0.25, -0.2) is 0 Å². The molecule has 1 N–H and O–H groups in total. The summed E-state index contributed by atoms with van der Waals surface area (Å²) in [4.78, 5) is 0. The van der Waals surface area contributed by atoms with Gasteiger partial charge in [0.15, 0.2) is 5.78 Å². The summed E-state index contributed by atoms with van der Waals surface area (Å²) in [5, 5.41) is 3.44. The molecule has 2 unspecified atom stereocenters. The first-order valence-corrected chi connectivity index (χ1v) is 12.6. The van der Waals surface area contributed by atoms with E-state index in [1.165, 1.54) is 0 Å². The van der Waals surface area contributed by atoms with Gasteiger partial charge in [-0.05, 0) is 35.7 Å². The predicted octanol–water partition coefficient (Wildman–Crippen LogP) is 7.26. The Morgan fingerprint density at radius 3 is 1.76 bits per heavy atom. The molecule has 6 heteroatoms. The van der Waals surface area contributed by atoms with E-state index in [4.69, 9.17) is 13.5 Å². The fraction of sp³-hybridized carbons (Fsp3) is 0.185. The lowest BCUT2D eigenvalue weighted by atomic mass is 10.1. The molecule has 1 aromatic heterocycles. The Bertz CT molecular complexity index is 1090. The molecule has 5 nitrogen and oxygen atoms in total. The second-order valence-corrected chi connectivity index (χ2v) is 9.89. The number of benzene rings is 3. The molecule has 33 heavy (non-hydrogen) atoms. The Kier molecular flexibility index (Phi) is 7.92. The Morgan fingerprint density at radius 1 is 0.758 bits per heavy atom. The third-order valence-corrected chi connectivity index (χ3v) is 7.36. The molecule has 3 aromatic carbocycles. The summed E-state index contributed by atoms with van der Waals surface area (Å²) in [6, 6.07) is 32.7. The molecule has 0 amide bonds. The lowest BCUT2D eigenvalue weighted by Gasteiger charge is -2.29. The predicted molar refractivity (Wildman–Crippen MR) is 130 cm³/mol. The fourth-order valence-corrected chi connectivity index (χ4v) is 5.41. The molecule has 0 fully saturated rings. The number of nitrogens with one attached hydrogen (secondary N) is 1. The molecule has 0 aliphatic carbocycles. The van der Waals surface area contributed by atoms with Gasteiger partial charge < -0.3 is 13.5 Å². The lowest BCUT2D eigenvalue weighted by Crippen LogP contribution is -2.26. The van der Waals surface area contributed by atoms with E-state index in [1.54, 1.807) is 18.4 Å². The van der Waals surface area contributed by atoms with Crippen LogP contribution >= 0.6 is 7.60 Å². The van der Waals surface area contributed by atoms with Crippen molar-refractivity contribution >= 4 is 7.60 Å². The summed E-state index contributed by atoms with van der Waals surface area (Å²) in [6.07, 6.45) is 1.57. The van der Waals surface area contributed by atoms with Crippen molar-refractivity contribution in [2.24, 2.45) is 0 Å². The first-order chi connectivity index (χ1) is 16.1. The zero-order valence-corrected chi connectivity index (χ0v) is 19.4. The van der Waals surface area contributed by atoms with Gasteiger partial charge in [-0.2, -0.15) is 0 Å². The highest BCUT2D eigenvalue weighted by atomic mass is 31.2. The summed E-state index contributed by atoms with van der Waals surface area (Å²) in [7, 11) is -3.73. The average Bonchev–Trinajstić information content (AvgIpc) is 3.41. The van der Waals surface area contributed by atoms with E-state index in [-0.39, 0.29) is 19.3 Å². The van der Waals surface area contributed by atoms with Gasteiger partial charge in [0.1, 0.15) is 5.76 Å². The molecule has 1 heterocycles. The summed E-state index contributed by atoms with van der Waals surface area (Å²) in [6.45, 7) is 2.33. The Labute approximate surface area is 194 Å². The van der Waals surface area contributed by atoms with E-state index < -0.39 is 13.4 Å². The van der Waals surface area contributed by atoms with Crippen LogP contribution in [0.25, 0.3) is 0 Å². The van der Waals surface area contributed by atoms with Crippen LogP contribution in [0.4, 0.5) is 0 Å². The monoisotopic (exact) mass is 461 g/mol. The maximum Gasteiger partial charge on any atom is 0.355 e. The topological polar surface area (TPSA) is 60.7 Å². The third kappa shape index (κ3) is 6.31. The first kappa shape index (κ1) is 23.2. The van der Waals surface area contributed by atoms with Crippen molar-refractivity contribution in [1.82, 2.24) is 5.32 Å². The van der Waals surface area contributed by atoms with E-state index in [2.05, 4.69) is 5.32 Å². The van der Waals surface area contributed by atoms with Crippen LogP contribution in [0.3, 0.4) is 0 Å². The van der Waals surface area contributed by atoms with Gasteiger partial charge in [0.05, 0.1) is 19.5 Å². The highest BCUT2D eigenvalue weighted by molar-refractivity contribution is 7.54. The van der Waals surface area contributed by atoms with Crippen LogP contribution in [0.15, 0.2) is 114 Å². The molecule has 0 aliphatic rings. The van der Waals surface area contributed by atoms with Crippen LogP contribution in [0.5, 0.6) is 0 Å². The van der Waals surface area contributed by atoms with Gasteiger partial charge in [-0.1, -0.05) is 91.0 Å². The van der Waals surface area contributed by atoms with Crippen LogP contribution in [0, 0.1) is 0 Å². The van der Waals surface area contributed by atoms with E-state index >= 15 is 0 Å². The van der Waals surface area contributed by atoms with E-state index in [0.29, 0.717) is 5.76 Å². The van der Waals surface area contributed by atoms with Crippen LogP contribution in [-0.2, 0) is 26.8 Å². The molecular weight excluding hydrogens is 433 g/mol. The van der Waals surface area contributed by atoms with Crippen molar-refractivity contribution in [3.05, 3.63) is 132 Å². The quantitative estimate of drug-likeness (QED) is 0.238. The van der Waals surface area contributed by atoms with Crippen molar-refractivity contribution in [2.75, 3.05) is 0 Å². The van der Waals surface area contributed by atoms with Crippen molar-refractivity contribution < 1.29 is 18.0 Å². The number of furan rings is 1. The number of hydrogen-bond acceptors (Lipinski definition) is 5. The molecule has 0 saturated carbocycles. The molecule has 170 valence electrons. The zero-order valence-electron chi connectivity index (χ0n) is 18.5. The van der Waals surface area contributed by atoms with Crippen molar-refractivity contribution in [1.29, 1.82) is 0 Å². The smallest absolute Gasteiger partial charge is 0.355 e. The summed E-state index contributed by atoms with van der Waals surface area (Å²) in [5.74, 6) is -0.280. The van der Waals surface area contributed by atoms with E-state index in [1.807, 2.05) is 97.9 Å². The van der Waals surface area contributed by atoms with Crippen LogP contribution < -0.4 is 5.32 Å². The summed E-state index contributed by atoms with van der Waals surface area (Å²) in [5.41, 5.74) is 2.89. The van der Waals surface area contributed by atoms with Gasteiger partial charge in [0, 0.05) is 6.04 Å². The molecule has 0 saturated heterocycles. The van der Waals surface area contributed by atoms with Crippen molar-refractivity contribution in [3.8, 4) is 0 Å². The molecule has 0 bridgehead atoms. The normalized spacial score (nSPS) is 13.5. The average molecular weight is 461 g/mol. The van der Waals surface area contributed by atoms with Crippen LogP contribution in [-0.4, -0.2) is 0 Å². The minimum Gasteiger partial charge on any atom is -0.467 e. The van der Waals surface area contributed by atoms with Crippen LogP contribution in [0.2, 0.25) is 0 Å². The first-order valence-electron chi connectivity index (χ1n) is 10.9. The summed E-state index contributed by atoms with van der Waals surface area (Å²) >= 11 is 0. The molecule has 0 radical (unpaired) electrons. The molecule has 0 aliphatic heterocycles. The van der Waals surface area contributed by atoms with Gasteiger partial charge in [-0.3, -0.25) is 9.88 Å². The standard InChI is InChI=1S/C27H28NO4P/c1-22(25-16-9-4-10-17-25)28-27(26-18-11-19-30-26)33(29,31-20-23-12-5-2-6-13-23)32-21-24-14-7-3-8-15-24/h2-19,22,27-28H,20-21H2,1H3. The fourth-order valence-electron chi connectivity index (χ4n) is 3.51. The summed E-state index contributed by atoms with van der Waals surface area (Å²) < 4.78 is 32.2.